The van der Waals surface area contributed by atoms with Gasteiger partial charge in [-0.3, -0.25) is 0 Å². The zero-order chi connectivity index (χ0) is 16.4. The van der Waals surface area contributed by atoms with E-state index in [4.69, 9.17) is 0 Å². The van der Waals surface area contributed by atoms with Crippen LogP contribution >= 0.6 is 0 Å². The van der Waals surface area contributed by atoms with Gasteiger partial charge in [0.25, 0.3) is 0 Å². The predicted octanol–water partition coefficient (Wildman–Crippen LogP) is 1.76. The van der Waals surface area contributed by atoms with Crippen molar-refractivity contribution < 1.29 is 16.8 Å². The summed E-state index contributed by atoms with van der Waals surface area (Å²) in [5.74, 6) is -0.216. The topological polar surface area (TPSA) is 71.5 Å². The Morgan fingerprint density at radius 3 is 2.45 bits per heavy atom. The summed E-state index contributed by atoms with van der Waals surface area (Å²) in [4.78, 5) is 0. The molecule has 0 aliphatic heterocycles. The molecule has 0 heterocycles. The lowest BCUT2D eigenvalue weighted by molar-refractivity contribution is 0.519. The maximum atomic E-state index is 12.6. The molecule has 1 aliphatic rings. The molecule has 0 fully saturated rings. The van der Waals surface area contributed by atoms with Crippen molar-refractivity contribution in [2.75, 3.05) is 25.6 Å². The summed E-state index contributed by atoms with van der Waals surface area (Å²) < 4.78 is 49.8. The second kappa shape index (κ2) is 6.68. The van der Waals surface area contributed by atoms with Crippen LogP contribution in [0.4, 0.5) is 0 Å². The molecular weight excluding hydrogens is 322 g/mol. The van der Waals surface area contributed by atoms with Crippen LogP contribution in [-0.4, -0.2) is 46.7 Å². The summed E-state index contributed by atoms with van der Waals surface area (Å²) in [5.41, 5.74) is 1.99. The number of aryl methyl sites for hydroxylation is 1. The lowest BCUT2D eigenvalue weighted by atomic mass is 9.91. The fraction of sp³-hybridized carbons (Fsp3) is 0.600. The van der Waals surface area contributed by atoms with Crippen molar-refractivity contribution in [1.82, 2.24) is 4.31 Å². The van der Waals surface area contributed by atoms with Gasteiger partial charge in [-0.15, -0.1) is 0 Å². The molecule has 0 unspecified atom stereocenters. The molecule has 1 aromatic carbocycles. The van der Waals surface area contributed by atoms with Crippen LogP contribution < -0.4 is 0 Å². The molecule has 124 valence electrons. The second-order valence-electron chi connectivity index (χ2n) is 5.90. The average molecular weight is 345 g/mol. The van der Waals surface area contributed by atoms with Crippen molar-refractivity contribution in [2.24, 2.45) is 0 Å². The summed E-state index contributed by atoms with van der Waals surface area (Å²) in [6.07, 6.45) is 2.54. The Bertz CT molecular complexity index is 724. The molecule has 7 heteroatoms. The van der Waals surface area contributed by atoms with E-state index in [0.717, 1.165) is 28.3 Å². The molecule has 0 aromatic heterocycles. The number of sulfone groups is 1. The van der Waals surface area contributed by atoms with Gasteiger partial charge in [0, 0.05) is 14.1 Å². The lowest BCUT2D eigenvalue weighted by Gasteiger charge is -2.25. The van der Waals surface area contributed by atoms with Gasteiger partial charge in [-0.25, -0.2) is 21.1 Å². The van der Waals surface area contributed by atoms with Gasteiger partial charge in [-0.2, -0.15) is 0 Å². The van der Waals surface area contributed by atoms with Crippen LogP contribution in [0.15, 0.2) is 24.3 Å². The second-order valence-corrected chi connectivity index (χ2v) is 10.5. The Kier molecular flexibility index (Phi) is 5.29. The number of rotatable bonds is 6. The molecule has 2 rings (SSSR count). The normalized spacial score (nSPS) is 19.1. The first-order chi connectivity index (χ1) is 10.2. The molecule has 0 radical (unpaired) electrons. The van der Waals surface area contributed by atoms with E-state index in [-0.39, 0.29) is 17.9 Å². The molecule has 0 saturated heterocycles. The molecule has 1 aliphatic carbocycles. The molecule has 0 amide bonds. The third kappa shape index (κ3) is 3.88. The monoisotopic (exact) mass is 345 g/mol. The van der Waals surface area contributed by atoms with E-state index >= 15 is 0 Å². The number of nitrogens with zero attached hydrogens (tertiary/aromatic N) is 1. The van der Waals surface area contributed by atoms with Gasteiger partial charge >= 0.3 is 0 Å². The Balaban J connectivity index is 2.09. The lowest BCUT2D eigenvalue weighted by Crippen LogP contribution is -2.27. The number of benzene rings is 1. The molecule has 5 nitrogen and oxygen atoms in total. The summed E-state index contributed by atoms with van der Waals surface area (Å²) in [6.45, 7) is 0. The number of hydrogen-bond acceptors (Lipinski definition) is 4. The number of hydrogen-bond donors (Lipinski definition) is 0. The van der Waals surface area contributed by atoms with Crippen molar-refractivity contribution in [3.05, 3.63) is 35.4 Å². The zero-order valence-electron chi connectivity index (χ0n) is 13.0. The third-order valence-electron chi connectivity index (χ3n) is 4.14. The van der Waals surface area contributed by atoms with E-state index in [1.807, 2.05) is 24.3 Å². The summed E-state index contributed by atoms with van der Waals surface area (Å²) >= 11 is 0. The van der Waals surface area contributed by atoms with Gasteiger partial charge < -0.3 is 0 Å². The molecule has 1 aromatic rings. The van der Waals surface area contributed by atoms with Crippen LogP contribution in [0.5, 0.6) is 0 Å². The SMILES string of the molecule is CN(C)S(=O)(=O)CCCS(=O)(=O)[C@@H]1CCCc2ccccc21. The number of sulfonamides is 1. The maximum Gasteiger partial charge on any atom is 0.213 e. The summed E-state index contributed by atoms with van der Waals surface area (Å²) in [5, 5.41) is -0.487. The summed E-state index contributed by atoms with van der Waals surface area (Å²) in [6, 6.07) is 7.65. The number of fused-ring (bicyclic) bond motifs is 1. The van der Waals surface area contributed by atoms with Crippen LogP contribution in [0.25, 0.3) is 0 Å². The Morgan fingerprint density at radius 1 is 1.09 bits per heavy atom. The van der Waals surface area contributed by atoms with E-state index in [9.17, 15) is 16.8 Å². The van der Waals surface area contributed by atoms with Crippen LogP contribution in [0.2, 0.25) is 0 Å². The minimum Gasteiger partial charge on any atom is -0.228 e. The average Bonchev–Trinajstić information content (AvgIpc) is 2.46. The van der Waals surface area contributed by atoms with Crippen LogP contribution in [0.1, 0.15) is 35.6 Å². The standard InChI is InChI=1S/C15H23NO4S2/c1-16(2)22(19,20)12-6-11-21(17,18)15-10-5-8-13-7-3-4-9-14(13)15/h3-4,7,9,15H,5-6,8,10-12H2,1-2H3/t15-/m1/s1. The van der Waals surface area contributed by atoms with E-state index < -0.39 is 25.1 Å². The Labute approximate surface area is 133 Å². The molecule has 0 spiro atoms. The van der Waals surface area contributed by atoms with Crippen molar-refractivity contribution in [3.8, 4) is 0 Å². The van der Waals surface area contributed by atoms with Crippen molar-refractivity contribution in [3.63, 3.8) is 0 Å². The minimum absolute atomic E-state index is 0.0843. The van der Waals surface area contributed by atoms with Gasteiger partial charge in [0.2, 0.25) is 10.0 Å². The largest absolute Gasteiger partial charge is 0.228 e. The van der Waals surface area contributed by atoms with E-state index in [1.165, 1.54) is 14.1 Å². The summed E-state index contributed by atoms with van der Waals surface area (Å²) in [7, 11) is -3.75. The Hall–Kier alpha value is -0.920. The van der Waals surface area contributed by atoms with E-state index in [0.29, 0.717) is 6.42 Å². The highest BCUT2D eigenvalue weighted by atomic mass is 32.2. The van der Waals surface area contributed by atoms with Crippen molar-refractivity contribution in [2.45, 2.75) is 30.9 Å². The maximum absolute atomic E-state index is 12.6. The van der Waals surface area contributed by atoms with Gasteiger partial charge in [0.15, 0.2) is 9.84 Å². The Morgan fingerprint density at radius 2 is 1.77 bits per heavy atom. The molecule has 22 heavy (non-hydrogen) atoms. The van der Waals surface area contributed by atoms with Crippen molar-refractivity contribution >= 4 is 19.9 Å². The smallest absolute Gasteiger partial charge is 0.213 e. The van der Waals surface area contributed by atoms with Crippen LogP contribution in [-0.2, 0) is 26.3 Å². The highest BCUT2D eigenvalue weighted by molar-refractivity contribution is 7.91. The molecule has 0 bridgehead atoms. The van der Waals surface area contributed by atoms with E-state index in [2.05, 4.69) is 0 Å². The molecular formula is C15H23NO4S2. The van der Waals surface area contributed by atoms with Gasteiger partial charge in [-0.1, -0.05) is 24.3 Å². The van der Waals surface area contributed by atoms with Crippen LogP contribution in [0.3, 0.4) is 0 Å². The van der Waals surface area contributed by atoms with Crippen LogP contribution in [0, 0.1) is 0 Å². The minimum atomic E-state index is -3.34. The first-order valence-electron chi connectivity index (χ1n) is 7.43. The molecule has 0 saturated carbocycles. The fourth-order valence-corrected chi connectivity index (χ4v) is 5.88. The van der Waals surface area contributed by atoms with Crippen molar-refractivity contribution in [1.29, 1.82) is 0 Å². The van der Waals surface area contributed by atoms with E-state index in [1.54, 1.807) is 0 Å². The predicted molar refractivity (Wildman–Crippen MR) is 88.0 cm³/mol. The highest BCUT2D eigenvalue weighted by Gasteiger charge is 2.31. The quantitative estimate of drug-likeness (QED) is 0.788. The first kappa shape index (κ1) is 17.4. The van der Waals surface area contributed by atoms with Gasteiger partial charge in [0.05, 0.1) is 16.8 Å². The fourth-order valence-electron chi connectivity index (χ4n) is 2.85. The van der Waals surface area contributed by atoms with Gasteiger partial charge in [0.1, 0.15) is 0 Å². The highest BCUT2D eigenvalue weighted by Crippen LogP contribution is 2.36. The van der Waals surface area contributed by atoms with Gasteiger partial charge in [-0.05, 0) is 36.8 Å². The molecule has 1 atom stereocenters. The first-order valence-corrected chi connectivity index (χ1v) is 10.8. The molecule has 0 N–H and O–H groups in total. The third-order valence-corrected chi connectivity index (χ3v) is 8.27. The zero-order valence-corrected chi connectivity index (χ0v) is 14.7.